The molecule has 0 saturated heterocycles. The van der Waals surface area contributed by atoms with Gasteiger partial charge in [-0.25, -0.2) is 0 Å². The molecule has 2 aliphatic carbocycles. The Kier molecular flexibility index (Phi) is 1.69. The van der Waals surface area contributed by atoms with Crippen LogP contribution in [-0.4, -0.2) is 6.54 Å². The summed E-state index contributed by atoms with van der Waals surface area (Å²) in [6.07, 6.45) is 7.36. The topological polar surface area (TPSA) is 26.0 Å². The van der Waals surface area contributed by atoms with Crippen molar-refractivity contribution in [2.45, 2.75) is 32.1 Å². The lowest BCUT2D eigenvalue weighted by Gasteiger charge is -2.15. The van der Waals surface area contributed by atoms with Gasteiger partial charge >= 0.3 is 0 Å². The molecule has 0 spiro atoms. The van der Waals surface area contributed by atoms with E-state index in [-0.39, 0.29) is 0 Å². The van der Waals surface area contributed by atoms with E-state index in [1.54, 1.807) is 0 Å². The van der Waals surface area contributed by atoms with E-state index < -0.39 is 0 Å². The average Bonchev–Trinajstić information content (AvgIpc) is 2.44. The van der Waals surface area contributed by atoms with Gasteiger partial charge in [0.25, 0.3) is 0 Å². The van der Waals surface area contributed by atoms with Crippen LogP contribution in [-0.2, 0) is 0 Å². The zero-order valence-electron chi connectivity index (χ0n) is 6.55. The van der Waals surface area contributed by atoms with Crippen LogP contribution in [0.15, 0.2) is 0 Å². The van der Waals surface area contributed by atoms with Crippen LogP contribution in [0.2, 0.25) is 0 Å². The molecule has 2 N–H and O–H groups in total. The van der Waals surface area contributed by atoms with Gasteiger partial charge in [0.05, 0.1) is 0 Å². The van der Waals surface area contributed by atoms with Crippen molar-refractivity contribution in [1.29, 1.82) is 0 Å². The molecule has 0 radical (unpaired) electrons. The lowest BCUT2D eigenvalue weighted by Crippen LogP contribution is -2.18. The van der Waals surface area contributed by atoms with E-state index in [1.165, 1.54) is 32.1 Å². The van der Waals surface area contributed by atoms with Crippen molar-refractivity contribution in [3.8, 4) is 0 Å². The molecule has 2 saturated carbocycles. The molecule has 0 heterocycles. The molecule has 2 rings (SSSR count). The first-order chi connectivity index (χ1) is 4.92. The van der Waals surface area contributed by atoms with Crippen LogP contribution >= 0.6 is 0 Å². The van der Waals surface area contributed by atoms with Crippen LogP contribution in [0.3, 0.4) is 0 Å². The standard InChI is InChI=1S/C9H17N/c10-6-8-5-4-7-2-1-3-9(7)8/h7-9H,1-6,10H2. The SMILES string of the molecule is NCC1CCC2CCCC12. The van der Waals surface area contributed by atoms with Crippen molar-refractivity contribution in [3.05, 3.63) is 0 Å². The molecule has 0 amide bonds. The summed E-state index contributed by atoms with van der Waals surface area (Å²) in [6.45, 7) is 0.946. The van der Waals surface area contributed by atoms with Crippen molar-refractivity contribution >= 4 is 0 Å². The first kappa shape index (κ1) is 6.66. The van der Waals surface area contributed by atoms with Crippen molar-refractivity contribution < 1.29 is 0 Å². The van der Waals surface area contributed by atoms with Gasteiger partial charge in [-0.2, -0.15) is 0 Å². The molecule has 0 aromatic heterocycles. The van der Waals surface area contributed by atoms with Crippen molar-refractivity contribution in [3.63, 3.8) is 0 Å². The van der Waals surface area contributed by atoms with Gasteiger partial charge in [-0.05, 0) is 43.6 Å². The second kappa shape index (κ2) is 2.54. The van der Waals surface area contributed by atoms with E-state index in [0.29, 0.717) is 0 Å². The second-order valence-electron chi connectivity index (χ2n) is 3.93. The summed E-state index contributed by atoms with van der Waals surface area (Å²) in [4.78, 5) is 0. The van der Waals surface area contributed by atoms with E-state index in [2.05, 4.69) is 0 Å². The third-order valence-electron chi connectivity index (χ3n) is 3.53. The van der Waals surface area contributed by atoms with Gasteiger partial charge in [-0.15, -0.1) is 0 Å². The second-order valence-corrected chi connectivity index (χ2v) is 3.93. The minimum Gasteiger partial charge on any atom is -0.330 e. The summed E-state index contributed by atoms with van der Waals surface area (Å²) in [6, 6.07) is 0. The van der Waals surface area contributed by atoms with Crippen molar-refractivity contribution in [1.82, 2.24) is 0 Å². The van der Waals surface area contributed by atoms with E-state index in [9.17, 15) is 0 Å². The molecule has 3 atom stereocenters. The fourth-order valence-electron chi connectivity index (χ4n) is 2.98. The highest BCUT2D eigenvalue weighted by Gasteiger charge is 2.37. The number of nitrogens with two attached hydrogens (primary N) is 1. The van der Waals surface area contributed by atoms with E-state index >= 15 is 0 Å². The minimum atomic E-state index is 0.896. The van der Waals surface area contributed by atoms with Crippen molar-refractivity contribution in [2.75, 3.05) is 6.54 Å². The van der Waals surface area contributed by atoms with E-state index in [1.807, 2.05) is 0 Å². The van der Waals surface area contributed by atoms with Gasteiger partial charge in [0, 0.05) is 0 Å². The molecular weight excluding hydrogens is 122 g/mol. The first-order valence-corrected chi connectivity index (χ1v) is 4.62. The average molecular weight is 139 g/mol. The van der Waals surface area contributed by atoms with Crippen molar-refractivity contribution in [2.24, 2.45) is 23.5 Å². The molecule has 2 aliphatic rings. The summed E-state index contributed by atoms with van der Waals surface area (Å²) in [5.74, 6) is 3.01. The molecule has 2 fully saturated rings. The lowest BCUT2D eigenvalue weighted by molar-refractivity contribution is 0.360. The van der Waals surface area contributed by atoms with Crippen LogP contribution in [0, 0.1) is 17.8 Å². The normalized spacial score (nSPS) is 45.9. The molecule has 0 bridgehead atoms. The molecule has 1 heteroatoms. The highest BCUT2D eigenvalue weighted by Crippen LogP contribution is 2.46. The third-order valence-corrected chi connectivity index (χ3v) is 3.53. The lowest BCUT2D eigenvalue weighted by atomic mass is 9.92. The molecule has 58 valence electrons. The molecular formula is C9H17N. The molecule has 0 aliphatic heterocycles. The van der Waals surface area contributed by atoms with Gasteiger partial charge in [0.1, 0.15) is 0 Å². The first-order valence-electron chi connectivity index (χ1n) is 4.62. The summed E-state index contributed by atoms with van der Waals surface area (Å²) < 4.78 is 0. The summed E-state index contributed by atoms with van der Waals surface area (Å²) in [7, 11) is 0. The molecule has 0 aromatic carbocycles. The Balaban J connectivity index is 2.01. The monoisotopic (exact) mass is 139 g/mol. The highest BCUT2D eigenvalue weighted by molar-refractivity contribution is 4.89. The zero-order chi connectivity index (χ0) is 6.97. The molecule has 10 heavy (non-hydrogen) atoms. The van der Waals surface area contributed by atoms with Gasteiger partial charge in [-0.1, -0.05) is 12.8 Å². The third kappa shape index (κ3) is 0.878. The maximum atomic E-state index is 5.69. The summed E-state index contributed by atoms with van der Waals surface area (Å²) >= 11 is 0. The number of fused-ring (bicyclic) bond motifs is 1. The Labute approximate surface area is 63.0 Å². The maximum absolute atomic E-state index is 5.69. The van der Waals surface area contributed by atoms with E-state index in [4.69, 9.17) is 5.73 Å². The Morgan fingerprint density at radius 1 is 1.10 bits per heavy atom. The fraction of sp³-hybridized carbons (Fsp3) is 1.00. The zero-order valence-corrected chi connectivity index (χ0v) is 6.55. The summed E-state index contributed by atoms with van der Waals surface area (Å²) in [5, 5.41) is 0. The molecule has 3 unspecified atom stereocenters. The maximum Gasteiger partial charge on any atom is -0.00461 e. The molecule has 0 aromatic rings. The largest absolute Gasteiger partial charge is 0.330 e. The van der Waals surface area contributed by atoms with Crippen LogP contribution < -0.4 is 5.73 Å². The smallest absolute Gasteiger partial charge is 0.00461 e. The van der Waals surface area contributed by atoms with Crippen LogP contribution in [0.1, 0.15) is 32.1 Å². The van der Waals surface area contributed by atoms with Gasteiger partial charge in [0.2, 0.25) is 0 Å². The Morgan fingerprint density at radius 3 is 2.80 bits per heavy atom. The quantitative estimate of drug-likeness (QED) is 0.588. The Bertz CT molecular complexity index is 122. The molecule has 1 nitrogen and oxygen atoms in total. The van der Waals surface area contributed by atoms with Gasteiger partial charge in [0.15, 0.2) is 0 Å². The van der Waals surface area contributed by atoms with Gasteiger partial charge < -0.3 is 5.73 Å². The number of hydrogen-bond donors (Lipinski definition) is 1. The van der Waals surface area contributed by atoms with E-state index in [0.717, 1.165) is 24.3 Å². The fourth-order valence-corrected chi connectivity index (χ4v) is 2.98. The minimum absolute atomic E-state index is 0.896. The van der Waals surface area contributed by atoms with Crippen LogP contribution in [0.25, 0.3) is 0 Å². The predicted octanol–water partition coefficient (Wildman–Crippen LogP) is 1.77. The van der Waals surface area contributed by atoms with Gasteiger partial charge in [-0.3, -0.25) is 0 Å². The number of rotatable bonds is 1. The Morgan fingerprint density at radius 2 is 2.00 bits per heavy atom. The predicted molar refractivity (Wildman–Crippen MR) is 42.6 cm³/mol. The highest BCUT2D eigenvalue weighted by atomic mass is 14.6. The summed E-state index contributed by atoms with van der Waals surface area (Å²) in [5.41, 5.74) is 5.69. The number of hydrogen-bond acceptors (Lipinski definition) is 1. The van der Waals surface area contributed by atoms with Crippen LogP contribution in [0.4, 0.5) is 0 Å². The van der Waals surface area contributed by atoms with Crippen LogP contribution in [0.5, 0.6) is 0 Å². The Hall–Kier alpha value is -0.0400.